The summed E-state index contributed by atoms with van der Waals surface area (Å²) < 4.78 is 0. The summed E-state index contributed by atoms with van der Waals surface area (Å²) in [7, 11) is 0. The number of nitro benzene ring substituents is 1. The smallest absolute Gasteiger partial charge is 0.309 e. The van der Waals surface area contributed by atoms with Crippen molar-refractivity contribution in [3.8, 4) is 0 Å². The second-order valence-corrected chi connectivity index (χ2v) is 6.15. The van der Waals surface area contributed by atoms with Crippen molar-refractivity contribution in [3.05, 3.63) is 39.9 Å². The Morgan fingerprint density at radius 1 is 1.38 bits per heavy atom. The van der Waals surface area contributed by atoms with E-state index < -0.39 is 16.3 Å². The van der Waals surface area contributed by atoms with Crippen LogP contribution in [0.3, 0.4) is 0 Å². The number of nitro groups is 1. The van der Waals surface area contributed by atoms with Crippen LogP contribution in [-0.2, 0) is 11.2 Å². The van der Waals surface area contributed by atoms with Gasteiger partial charge in [0, 0.05) is 11.6 Å². The average Bonchev–Trinajstić information content (AvgIpc) is 2.47. The number of carboxylic acids is 1. The molecule has 0 atom stereocenters. The van der Waals surface area contributed by atoms with Crippen molar-refractivity contribution in [2.45, 2.75) is 45.4 Å². The van der Waals surface area contributed by atoms with E-state index in [2.05, 4.69) is 6.92 Å². The maximum Gasteiger partial charge on any atom is 0.309 e. The number of aliphatic carboxylic acids is 1. The minimum atomic E-state index is -0.756. The molecule has 0 unspecified atom stereocenters. The molecule has 114 valence electrons. The van der Waals surface area contributed by atoms with Crippen molar-refractivity contribution in [2.75, 3.05) is 0 Å². The van der Waals surface area contributed by atoms with Gasteiger partial charge >= 0.3 is 5.97 Å². The summed E-state index contributed by atoms with van der Waals surface area (Å²) in [6.45, 7) is 2.15. The van der Waals surface area contributed by atoms with Gasteiger partial charge < -0.3 is 5.11 Å². The molecule has 1 fully saturated rings. The van der Waals surface area contributed by atoms with Crippen LogP contribution in [0.25, 0.3) is 0 Å². The van der Waals surface area contributed by atoms with Gasteiger partial charge in [-0.1, -0.05) is 25.1 Å². The van der Waals surface area contributed by atoms with Crippen LogP contribution < -0.4 is 0 Å². The Morgan fingerprint density at radius 2 is 2.00 bits per heavy atom. The highest BCUT2D eigenvalue weighted by Crippen LogP contribution is 2.43. The highest BCUT2D eigenvalue weighted by Gasteiger charge is 2.40. The van der Waals surface area contributed by atoms with Crippen LogP contribution in [0.4, 0.5) is 5.69 Å². The van der Waals surface area contributed by atoms with Crippen molar-refractivity contribution >= 4 is 11.7 Å². The first kappa shape index (κ1) is 15.5. The standard InChI is InChI=1S/C16H21NO4/c1-12-6-9-16(10-7-12,15(18)19)11-8-13-4-2-3-5-14(13)17(20)21/h2-5,12H,6-11H2,1H3,(H,18,19). The molecule has 1 aromatic rings. The predicted octanol–water partition coefficient (Wildman–Crippen LogP) is 3.81. The maximum atomic E-state index is 11.7. The second-order valence-electron chi connectivity index (χ2n) is 6.15. The van der Waals surface area contributed by atoms with Crippen LogP contribution in [0.1, 0.15) is 44.6 Å². The third-order valence-electron chi connectivity index (χ3n) is 4.75. The van der Waals surface area contributed by atoms with Gasteiger partial charge in [0.1, 0.15) is 0 Å². The van der Waals surface area contributed by atoms with Crippen LogP contribution in [0.2, 0.25) is 0 Å². The number of aryl methyl sites for hydroxylation is 1. The largest absolute Gasteiger partial charge is 0.481 e. The molecular formula is C16H21NO4. The second kappa shape index (κ2) is 6.24. The number of hydrogen-bond acceptors (Lipinski definition) is 3. The molecule has 0 spiro atoms. The molecule has 1 aromatic carbocycles. The first-order valence-corrected chi connectivity index (χ1v) is 7.40. The normalized spacial score (nSPS) is 25.5. The molecule has 2 rings (SSSR count). The summed E-state index contributed by atoms with van der Waals surface area (Å²) in [5, 5.41) is 20.6. The highest BCUT2D eigenvalue weighted by atomic mass is 16.6. The molecule has 5 nitrogen and oxygen atoms in total. The van der Waals surface area contributed by atoms with E-state index >= 15 is 0 Å². The molecule has 5 heteroatoms. The lowest BCUT2D eigenvalue weighted by Gasteiger charge is -2.35. The van der Waals surface area contributed by atoms with Crippen LogP contribution in [0.15, 0.2) is 24.3 Å². The molecule has 0 bridgehead atoms. The van der Waals surface area contributed by atoms with E-state index in [1.165, 1.54) is 6.07 Å². The SMILES string of the molecule is CC1CCC(CCc2ccccc2[N+](=O)[O-])(C(=O)O)CC1. The lowest BCUT2D eigenvalue weighted by atomic mass is 9.68. The van der Waals surface area contributed by atoms with Crippen molar-refractivity contribution in [3.63, 3.8) is 0 Å². The lowest BCUT2D eigenvalue weighted by Crippen LogP contribution is -2.35. The molecule has 0 aliphatic heterocycles. The van der Waals surface area contributed by atoms with Crippen molar-refractivity contribution in [2.24, 2.45) is 11.3 Å². The quantitative estimate of drug-likeness (QED) is 0.660. The van der Waals surface area contributed by atoms with E-state index in [0.29, 0.717) is 37.2 Å². The zero-order valence-corrected chi connectivity index (χ0v) is 12.2. The molecule has 1 aliphatic carbocycles. The number of rotatable bonds is 5. The number of nitrogens with zero attached hydrogens (tertiary/aromatic N) is 1. The van der Waals surface area contributed by atoms with Crippen LogP contribution in [0, 0.1) is 21.4 Å². The molecular weight excluding hydrogens is 270 g/mol. The molecule has 0 amide bonds. The fraction of sp³-hybridized carbons (Fsp3) is 0.562. The monoisotopic (exact) mass is 291 g/mol. The Kier molecular flexibility index (Phi) is 4.60. The number of para-hydroxylation sites is 1. The van der Waals surface area contributed by atoms with Gasteiger partial charge in [-0.15, -0.1) is 0 Å². The summed E-state index contributed by atoms with van der Waals surface area (Å²) in [5.74, 6) is -0.184. The van der Waals surface area contributed by atoms with Gasteiger partial charge in [0.2, 0.25) is 0 Å². The number of carbonyl (C=O) groups is 1. The first-order chi connectivity index (χ1) is 9.94. The molecule has 0 heterocycles. The Bertz CT molecular complexity index is 533. The summed E-state index contributed by atoms with van der Waals surface area (Å²) in [6, 6.07) is 6.60. The fourth-order valence-corrected chi connectivity index (χ4v) is 3.16. The third kappa shape index (κ3) is 3.40. The Hall–Kier alpha value is -1.91. The van der Waals surface area contributed by atoms with Gasteiger partial charge in [-0.3, -0.25) is 14.9 Å². The van der Waals surface area contributed by atoms with E-state index in [-0.39, 0.29) is 5.69 Å². The van der Waals surface area contributed by atoms with E-state index in [9.17, 15) is 20.0 Å². The van der Waals surface area contributed by atoms with Gasteiger partial charge in [-0.05, 0) is 44.4 Å². The summed E-state index contributed by atoms with van der Waals surface area (Å²) in [4.78, 5) is 22.3. The van der Waals surface area contributed by atoms with E-state index in [1.54, 1.807) is 18.2 Å². The first-order valence-electron chi connectivity index (χ1n) is 7.40. The molecule has 0 aromatic heterocycles. The van der Waals surface area contributed by atoms with Crippen molar-refractivity contribution < 1.29 is 14.8 Å². The Balaban J connectivity index is 2.13. The third-order valence-corrected chi connectivity index (χ3v) is 4.75. The highest BCUT2D eigenvalue weighted by molar-refractivity contribution is 5.74. The van der Waals surface area contributed by atoms with Crippen LogP contribution >= 0.6 is 0 Å². The van der Waals surface area contributed by atoms with Gasteiger partial charge in [-0.25, -0.2) is 0 Å². The molecule has 1 N–H and O–H groups in total. The van der Waals surface area contributed by atoms with Crippen molar-refractivity contribution in [1.29, 1.82) is 0 Å². The van der Waals surface area contributed by atoms with Gasteiger partial charge in [-0.2, -0.15) is 0 Å². The zero-order chi connectivity index (χ0) is 15.5. The fourth-order valence-electron chi connectivity index (χ4n) is 3.16. The molecule has 0 saturated heterocycles. The molecule has 21 heavy (non-hydrogen) atoms. The summed E-state index contributed by atoms with van der Waals surface area (Å²) in [6.07, 6.45) is 4.10. The minimum Gasteiger partial charge on any atom is -0.481 e. The van der Waals surface area contributed by atoms with E-state index in [1.807, 2.05) is 0 Å². The van der Waals surface area contributed by atoms with Gasteiger partial charge in [0.15, 0.2) is 0 Å². The Morgan fingerprint density at radius 3 is 2.57 bits per heavy atom. The molecule has 0 radical (unpaired) electrons. The average molecular weight is 291 g/mol. The van der Waals surface area contributed by atoms with Gasteiger partial charge in [0.25, 0.3) is 5.69 Å². The number of carboxylic acid groups (broad SMARTS) is 1. The van der Waals surface area contributed by atoms with Gasteiger partial charge in [0.05, 0.1) is 10.3 Å². The topological polar surface area (TPSA) is 80.4 Å². The molecule has 1 saturated carbocycles. The number of hydrogen-bond donors (Lipinski definition) is 1. The zero-order valence-electron chi connectivity index (χ0n) is 12.2. The van der Waals surface area contributed by atoms with Crippen LogP contribution in [0.5, 0.6) is 0 Å². The lowest BCUT2D eigenvalue weighted by molar-refractivity contribution is -0.385. The summed E-state index contributed by atoms with van der Waals surface area (Å²) in [5.41, 5.74) is -0.0000804. The Labute approximate surface area is 124 Å². The van der Waals surface area contributed by atoms with E-state index in [4.69, 9.17) is 0 Å². The molecule has 1 aliphatic rings. The summed E-state index contributed by atoms with van der Waals surface area (Å²) >= 11 is 0. The maximum absolute atomic E-state index is 11.7. The minimum absolute atomic E-state index is 0.0854. The number of benzene rings is 1. The predicted molar refractivity (Wildman–Crippen MR) is 79.1 cm³/mol. The van der Waals surface area contributed by atoms with Crippen molar-refractivity contribution in [1.82, 2.24) is 0 Å². The van der Waals surface area contributed by atoms with Crippen LogP contribution in [-0.4, -0.2) is 16.0 Å². The van der Waals surface area contributed by atoms with E-state index in [0.717, 1.165) is 12.8 Å².